The number of amides is 1. The van der Waals surface area contributed by atoms with Crippen LogP contribution >= 0.6 is 22.0 Å². The van der Waals surface area contributed by atoms with Crippen molar-refractivity contribution in [3.05, 3.63) is 5.01 Å². The summed E-state index contributed by atoms with van der Waals surface area (Å²) in [6, 6.07) is 0. The second-order valence-electron chi connectivity index (χ2n) is 4.11. The number of halogens is 1. The minimum atomic E-state index is -3.58. The first-order valence-corrected chi connectivity index (χ1v) is 8.73. The average Bonchev–Trinajstić information content (AvgIpc) is 2.82. The molecule has 1 aromatic rings. The minimum Gasteiger partial charge on any atom is -0.286 e. The molecule has 9 heteroatoms. The summed E-state index contributed by atoms with van der Waals surface area (Å²) in [7, 11) is 1.62. The Hall–Kier alpha value is -0.730. The smallest absolute Gasteiger partial charge is 0.232 e. The highest BCUT2D eigenvalue weighted by Crippen LogP contribution is 2.28. The lowest BCUT2D eigenvalue weighted by Crippen LogP contribution is -2.25. The highest BCUT2D eigenvalue weighted by atomic mass is 35.7. The van der Waals surface area contributed by atoms with E-state index in [1.807, 2.05) is 6.92 Å². The fraction of sp³-hybridized carbons (Fsp3) is 0.667. The van der Waals surface area contributed by atoms with E-state index in [9.17, 15) is 13.2 Å². The van der Waals surface area contributed by atoms with Crippen LogP contribution < -0.4 is 4.90 Å². The molecule has 18 heavy (non-hydrogen) atoms. The van der Waals surface area contributed by atoms with Crippen molar-refractivity contribution in [2.45, 2.75) is 19.8 Å². The fourth-order valence-electron chi connectivity index (χ4n) is 1.86. The number of carbonyl (C=O) groups is 1. The Morgan fingerprint density at radius 1 is 1.50 bits per heavy atom. The van der Waals surface area contributed by atoms with Crippen LogP contribution in [0.3, 0.4) is 0 Å². The molecule has 1 aliphatic heterocycles. The molecule has 0 spiro atoms. The summed E-state index contributed by atoms with van der Waals surface area (Å²) >= 11 is 1.35. The van der Waals surface area contributed by atoms with Crippen molar-refractivity contribution in [1.29, 1.82) is 0 Å². The Morgan fingerprint density at radius 3 is 2.78 bits per heavy atom. The van der Waals surface area contributed by atoms with Gasteiger partial charge in [-0.25, -0.2) is 8.42 Å². The molecule has 1 fully saturated rings. The summed E-state index contributed by atoms with van der Waals surface area (Å²) in [4.78, 5) is 13.3. The molecule has 1 saturated heterocycles. The third-order valence-corrected chi connectivity index (χ3v) is 4.97. The quantitative estimate of drug-likeness (QED) is 0.776. The molecule has 1 unspecified atom stereocenters. The van der Waals surface area contributed by atoms with E-state index in [0.29, 0.717) is 11.7 Å². The van der Waals surface area contributed by atoms with E-state index < -0.39 is 9.05 Å². The second-order valence-corrected chi connectivity index (χ2v) is 7.97. The molecule has 2 rings (SSSR count). The molecular weight excluding hydrogens is 298 g/mol. The number of carbonyl (C=O) groups excluding carboxylic acids is 1. The van der Waals surface area contributed by atoms with Crippen LogP contribution in [-0.2, 0) is 20.3 Å². The van der Waals surface area contributed by atoms with E-state index in [2.05, 4.69) is 10.2 Å². The Balaban J connectivity index is 2.09. The molecule has 0 aliphatic carbocycles. The third-order valence-electron chi connectivity index (χ3n) is 2.63. The number of aryl methyl sites for hydroxylation is 1. The van der Waals surface area contributed by atoms with Gasteiger partial charge in [-0.05, 0) is 6.42 Å². The zero-order valence-corrected chi connectivity index (χ0v) is 12.1. The van der Waals surface area contributed by atoms with Gasteiger partial charge >= 0.3 is 0 Å². The molecule has 1 aromatic heterocycles. The molecule has 1 amide bonds. The molecule has 0 saturated carbocycles. The van der Waals surface area contributed by atoms with Crippen molar-refractivity contribution in [2.75, 3.05) is 17.2 Å². The highest BCUT2D eigenvalue weighted by molar-refractivity contribution is 8.13. The van der Waals surface area contributed by atoms with Crippen molar-refractivity contribution in [1.82, 2.24) is 10.2 Å². The number of aromatic nitrogens is 2. The van der Waals surface area contributed by atoms with Gasteiger partial charge in [-0.1, -0.05) is 18.3 Å². The van der Waals surface area contributed by atoms with Crippen LogP contribution in [0, 0.1) is 5.92 Å². The van der Waals surface area contributed by atoms with Gasteiger partial charge in [0.2, 0.25) is 20.1 Å². The van der Waals surface area contributed by atoms with Crippen LogP contribution in [0.1, 0.15) is 18.4 Å². The molecule has 0 N–H and O–H groups in total. The SMILES string of the molecule is CCc1nnc(N2CC(CS(=O)(=O)Cl)CC2=O)s1. The Bertz CT molecular complexity index is 557. The van der Waals surface area contributed by atoms with E-state index in [0.717, 1.165) is 11.4 Å². The van der Waals surface area contributed by atoms with Crippen LogP contribution in [-0.4, -0.2) is 36.8 Å². The second kappa shape index (κ2) is 5.10. The topological polar surface area (TPSA) is 80.2 Å². The molecule has 1 atom stereocenters. The van der Waals surface area contributed by atoms with Crippen LogP contribution in [0.5, 0.6) is 0 Å². The van der Waals surface area contributed by atoms with Gasteiger partial charge in [0, 0.05) is 29.6 Å². The van der Waals surface area contributed by atoms with E-state index in [4.69, 9.17) is 10.7 Å². The van der Waals surface area contributed by atoms with E-state index in [-0.39, 0.29) is 24.0 Å². The van der Waals surface area contributed by atoms with Gasteiger partial charge in [-0.3, -0.25) is 9.69 Å². The van der Waals surface area contributed by atoms with Gasteiger partial charge in [0.05, 0.1) is 5.75 Å². The van der Waals surface area contributed by atoms with Crippen LogP contribution in [0.15, 0.2) is 0 Å². The third kappa shape index (κ3) is 3.18. The van der Waals surface area contributed by atoms with Crippen molar-refractivity contribution < 1.29 is 13.2 Å². The summed E-state index contributed by atoms with van der Waals surface area (Å²) in [5, 5.41) is 9.27. The molecule has 6 nitrogen and oxygen atoms in total. The zero-order valence-electron chi connectivity index (χ0n) is 9.67. The predicted octanol–water partition coefficient (Wildman–Crippen LogP) is 1.02. The van der Waals surface area contributed by atoms with Gasteiger partial charge in [0.25, 0.3) is 0 Å². The van der Waals surface area contributed by atoms with E-state index >= 15 is 0 Å². The van der Waals surface area contributed by atoms with Crippen LogP contribution in [0.4, 0.5) is 5.13 Å². The Kier molecular flexibility index (Phi) is 3.88. The Morgan fingerprint density at radius 2 is 2.22 bits per heavy atom. The van der Waals surface area contributed by atoms with Gasteiger partial charge in [0.1, 0.15) is 5.01 Å². The van der Waals surface area contributed by atoms with Crippen molar-refractivity contribution in [3.8, 4) is 0 Å². The fourth-order valence-corrected chi connectivity index (χ4v) is 3.98. The van der Waals surface area contributed by atoms with E-state index in [1.54, 1.807) is 0 Å². The number of hydrogen-bond acceptors (Lipinski definition) is 6. The molecule has 100 valence electrons. The lowest BCUT2D eigenvalue weighted by molar-refractivity contribution is -0.117. The van der Waals surface area contributed by atoms with Crippen LogP contribution in [0.2, 0.25) is 0 Å². The van der Waals surface area contributed by atoms with Crippen molar-refractivity contribution in [3.63, 3.8) is 0 Å². The first kappa shape index (κ1) is 13.7. The van der Waals surface area contributed by atoms with Gasteiger partial charge < -0.3 is 0 Å². The standard InChI is InChI=1S/C9H12ClN3O3S2/c1-2-7-11-12-9(17-7)13-4-6(3-8(13)14)5-18(10,15)16/h6H,2-5H2,1H3. The molecular formula is C9H12ClN3O3S2. The molecule has 1 aliphatic rings. The summed E-state index contributed by atoms with van der Waals surface area (Å²) in [6.07, 6.45) is 0.951. The first-order chi connectivity index (χ1) is 8.39. The lowest BCUT2D eigenvalue weighted by Gasteiger charge is -2.11. The van der Waals surface area contributed by atoms with Crippen LogP contribution in [0.25, 0.3) is 0 Å². The van der Waals surface area contributed by atoms with Gasteiger partial charge in [-0.15, -0.1) is 10.2 Å². The zero-order chi connectivity index (χ0) is 13.3. The van der Waals surface area contributed by atoms with E-state index in [1.165, 1.54) is 16.2 Å². The number of hydrogen-bond donors (Lipinski definition) is 0. The summed E-state index contributed by atoms with van der Waals surface area (Å²) in [5.74, 6) is -0.580. The molecule has 2 heterocycles. The summed E-state index contributed by atoms with van der Waals surface area (Å²) in [5.41, 5.74) is 0. The molecule has 0 aromatic carbocycles. The number of anilines is 1. The highest BCUT2D eigenvalue weighted by Gasteiger charge is 2.34. The first-order valence-electron chi connectivity index (χ1n) is 5.44. The molecule has 0 radical (unpaired) electrons. The molecule has 0 bridgehead atoms. The number of rotatable bonds is 4. The van der Waals surface area contributed by atoms with Crippen molar-refractivity contribution >= 4 is 42.1 Å². The summed E-state index contributed by atoms with van der Waals surface area (Å²) in [6.45, 7) is 2.29. The lowest BCUT2D eigenvalue weighted by atomic mass is 10.1. The largest absolute Gasteiger partial charge is 0.286 e. The maximum absolute atomic E-state index is 11.8. The van der Waals surface area contributed by atoms with Gasteiger partial charge in [0.15, 0.2) is 0 Å². The maximum atomic E-state index is 11.8. The monoisotopic (exact) mass is 309 g/mol. The Labute approximate surface area is 113 Å². The van der Waals surface area contributed by atoms with Gasteiger partial charge in [-0.2, -0.15) is 0 Å². The number of nitrogens with zero attached hydrogens (tertiary/aromatic N) is 3. The summed E-state index contributed by atoms with van der Waals surface area (Å²) < 4.78 is 22.0. The maximum Gasteiger partial charge on any atom is 0.232 e. The minimum absolute atomic E-state index is 0.126. The van der Waals surface area contributed by atoms with Crippen molar-refractivity contribution in [2.24, 2.45) is 5.92 Å². The average molecular weight is 310 g/mol. The predicted molar refractivity (Wildman–Crippen MR) is 69.4 cm³/mol. The normalized spacial score (nSPS) is 20.7.